The van der Waals surface area contributed by atoms with Gasteiger partial charge in [0.15, 0.2) is 6.10 Å². The van der Waals surface area contributed by atoms with Crippen molar-refractivity contribution in [3.63, 3.8) is 0 Å². The Morgan fingerprint density at radius 1 is 1.20 bits per heavy atom. The van der Waals surface area contributed by atoms with E-state index in [4.69, 9.17) is 9.47 Å². The molecule has 6 nitrogen and oxygen atoms in total. The molecule has 0 bridgehead atoms. The van der Waals surface area contributed by atoms with Gasteiger partial charge in [-0.15, -0.1) is 0 Å². The molecule has 1 amide bonds. The number of anilines is 1. The van der Waals surface area contributed by atoms with Crippen LogP contribution in [-0.2, 0) is 22.5 Å². The molecule has 1 saturated heterocycles. The first kappa shape index (κ1) is 15.9. The number of pyridine rings is 1. The first-order valence-electron chi connectivity index (χ1n) is 8.60. The summed E-state index contributed by atoms with van der Waals surface area (Å²) in [5.41, 5.74) is 2.09. The second-order valence-electron chi connectivity index (χ2n) is 6.22. The minimum absolute atomic E-state index is 0.0898. The molecule has 0 saturated carbocycles. The maximum absolute atomic E-state index is 12.5. The number of amides is 1. The highest BCUT2D eigenvalue weighted by atomic mass is 16.5. The molecule has 0 aliphatic carbocycles. The first-order valence-corrected chi connectivity index (χ1v) is 8.60. The molecule has 2 aliphatic rings. The summed E-state index contributed by atoms with van der Waals surface area (Å²) >= 11 is 0. The molecule has 0 radical (unpaired) electrons. The number of aromatic nitrogens is 1. The highest BCUT2D eigenvalue weighted by Gasteiger charge is 2.28. The summed E-state index contributed by atoms with van der Waals surface area (Å²) in [7, 11) is 0. The topological polar surface area (TPSA) is 63.7 Å². The molecule has 1 aromatic heterocycles. The minimum Gasteiger partial charge on any atom is -0.480 e. The Balaban J connectivity index is 1.39. The van der Waals surface area contributed by atoms with Crippen LogP contribution in [0.5, 0.6) is 5.75 Å². The molecular formula is C19H21N3O3. The Hall–Kier alpha value is -2.60. The van der Waals surface area contributed by atoms with Crippen LogP contribution >= 0.6 is 0 Å². The number of hydrogen-bond acceptors (Lipinski definition) is 5. The van der Waals surface area contributed by atoms with E-state index >= 15 is 0 Å². The zero-order valence-electron chi connectivity index (χ0n) is 14.0. The highest BCUT2D eigenvalue weighted by molar-refractivity contribution is 5.82. The molecule has 130 valence electrons. The number of nitrogens with zero attached hydrogens (tertiary/aromatic N) is 2. The summed E-state index contributed by atoms with van der Waals surface area (Å²) in [6.07, 6.45) is 1.94. The lowest BCUT2D eigenvalue weighted by Crippen LogP contribution is -2.39. The Labute approximate surface area is 146 Å². The smallest absolute Gasteiger partial charge is 0.261 e. The van der Waals surface area contributed by atoms with E-state index in [1.807, 2.05) is 36.4 Å². The molecule has 1 fully saturated rings. The molecule has 2 aliphatic heterocycles. The fourth-order valence-electron chi connectivity index (χ4n) is 3.25. The van der Waals surface area contributed by atoms with Crippen molar-refractivity contribution >= 4 is 11.7 Å². The number of carbonyl (C=O) groups excluding carboxylic acids is 1. The summed E-state index contributed by atoms with van der Waals surface area (Å²) in [6, 6.07) is 11.7. The number of carbonyl (C=O) groups is 1. The molecule has 2 aromatic rings. The maximum atomic E-state index is 12.5. The average Bonchev–Trinajstić information content (AvgIpc) is 3.11. The number of rotatable bonds is 4. The van der Waals surface area contributed by atoms with Crippen LogP contribution in [0, 0.1) is 0 Å². The van der Waals surface area contributed by atoms with E-state index in [1.165, 1.54) is 0 Å². The van der Waals surface area contributed by atoms with E-state index in [9.17, 15) is 4.79 Å². The summed E-state index contributed by atoms with van der Waals surface area (Å²) in [6.45, 7) is 3.49. The normalized spacial score (nSPS) is 19.2. The van der Waals surface area contributed by atoms with E-state index < -0.39 is 6.10 Å². The van der Waals surface area contributed by atoms with Crippen LogP contribution < -0.4 is 15.0 Å². The lowest BCUT2D eigenvalue weighted by molar-refractivity contribution is -0.127. The van der Waals surface area contributed by atoms with Crippen molar-refractivity contribution in [1.82, 2.24) is 10.3 Å². The van der Waals surface area contributed by atoms with Crippen molar-refractivity contribution in [3.8, 4) is 5.75 Å². The molecule has 3 heterocycles. The number of morpholine rings is 1. The van der Waals surface area contributed by atoms with Crippen molar-refractivity contribution in [3.05, 3.63) is 53.7 Å². The second-order valence-corrected chi connectivity index (χ2v) is 6.22. The van der Waals surface area contributed by atoms with Crippen LogP contribution in [0.2, 0.25) is 0 Å². The number of ether oxygens (including phenoxy) is 2. The van der Waals surface area contributed by atoms with Crippen LogP contribution in [0.3, 0.4) is 0 Å². The molecule has 4 rings (SSSR count). The van der Waals surface area contributed by atoms with Crippen molar-refractivity contribution < 1.29 is 14.3 Å². The van der Waals surface area contributed by atoms with E-state index in [-0.39, 0.29) is 5.91 Å². The third-order valence-corrected chi connectivity index (χ3v) is 4.57. The Bertz CT molecular complexity index is 734. The monoisotopic (exact) mass is 339 g/mol. The number of benzene rings is 1. The van der Waals surface area contributed by atoms with E-state index in [0.29, 0.717) is 26.2 Å². The van der Waals surface area contributed by atoms with Crippen LogP contribution in [0.4, 0.5) is 5.82 Å². The van der Waals surface area contributed by atoms with Gasteiger partial charge in [-0.05, 0) is 17.7 Å². The number of hydrogen-bond donors (Lipinski definition) is 1. The van der Waals surface area contributed by atoms with Gasteiger partial charge in [0.05, 0.1) is 13.2 Å². The largest absolute Gasteiger partial charge is 0.480 e. The molecular weight excluding hydrogens is 318 g/mol. The van der Waals surface area contributed by atoms with Crippen molar-refractivity contribution in [1.29, 1.82) is 0 Å². The summed E-state index contributed by atoms with van der Waals surface area (Å²) in [5, 5.41) is 2.99. The van der Waals surface area contributed by atoms with Crippen molar-refractivity contribution in [2.45, 2.75) is 19.1 Å². The maximum Gasteiger partial charge on any atom is 0.261 e. The molecule has 1 N–H and O–H groups in total. The lowest BCUT2D eigenvalue weighted by Gasteiger charge is -2.29. The van der Waals surface area contributed by atoms with Crippen LogP contribution in [0.1, 0.15) is 11.1 Å². The van der Waals surface area contributed by atoms with E-state index in [1.54, 1.807) is 6.20 Å². The standard InChI is InChI=1S/C19H21N3O3/c23-19(17-12-14-4-1-2-6-16(14)25-17)21-13-15-5-3-7-20-18(15)22-8-10-24-11-9-22/h1-7,17H,8-13H2,(H,21,23). The highest BCUT2D eigenvalue weighted by Crippen LogP contribution is 2.28. The quantitative estimate of drug-likeness (QED) is 0.915. The Morgan fingerprint density at radius 2 is 2.04 bits per heavy atom. The van der Waals surface area contributed by atoms with Gasteiger partial charge < -0.3 is 19.7 Å². The van der Waals surface area contributed by atoms with Crippen LogP contribution in [-0.4, -0.2) is 43.3 Å². The van der Waals surface area contributed by atoms with Gasteiger partial charge in [0.1, 0.15) is 11.6 Å². The van der Waals surface area contributed by atoms with Gasteiger partial charge in [-0.25, -0.2) is 4.98 Å². The molecule has 1 unspecified atom stereocenters. The van der Waals surface area contributed by atoms with Crippen LogP contribution in [0.15, 0.2) is 42.6 Å². The number of fused-ring (bicyclic) bond motifs is 1. The molecule has 1 atom stereocenters. The molecule has 25 heavy (non-hydrogen) atoms. The third kappa shape index (κ3) is 3.44. The fraction of sp³-hybridized carbons (Fsp3) is 0.368. The zero-order chi connectivity index (χ0) is 17.1. The minimum atomic E-state index is -0.457. The van der Waals surface area contributed by atoms with Crippen molar-refractivity contribution in [2.75, 3.05) is 31.2 Å². The van der Waals surface area contributed by atoms with Gasteiger partial charge >= 0.3 is 0 Å². The van der Waals surface area contributed by atoms with Gasteiger partial charge in [0.25, 0.3) is 5.91 Å². The van der Waals surface area contributed by atoms with Crippen molar-refractivity contribution in [2.24, 2.45) is 0 Å². The predicted octanol–water partition coefficient (Wildman–Crippen LogP) is 1.54. The Morgan fingerprint density at radius 3 is 2.88 bits per heavy atom. The van der Waals surface area contributed by atoms with Gasteiger partial charge in [-0.1, -0.05) is 24.3 Å². The van der Waals surface area contributed by atoms with Gasteiger partial charge in [0, 0.05) is 37.8 Å². The van der Waals surface area contributed by atoms with Gasteiger partial charge in [-0.2, -0.15) is 0 Å². The van der Waals surface area contributed by atoms with Gasteiger partial charge in [0.2, 0.25) is 0 Å². The predicted molar refractivity (Wildman–Crippen MR) is 93.7 cm³/mol. The van der Waals surface area contributed by atoms with E-state index in [0.717, 1.165) is 35.8 Å². The molecule has 0 spiro atoms. The van der Waals surface area contributed by atoms with Gasteiger partial charge in [-0.3, -0.25) is 4.79 Å². The third-order valence-electron chi connectivity index (χ3n) is 4.57. The SMILES string of the molecule is O=C(NCc1cccnc1N1CCOCC1)C1Cc2ccccc2O1. The van der Waals surface area contributed by atoms with E-state index in [2.05, 4.69) is 15.2 Å². The average molecular weight is 339 g/mol. The summed E-state index contributed by atoms with van der Waals surface area (Å²) in [4.78, 5) is 19.2. The Kier molecular flexibility index (Phi) is 4.52. The van der Waals surface area contributed by atoms with Crippen LogP contribution in [0.25, 0.3) is 0 Å². The summed E-state index contributed by atoms with van der Waals surface area (Å²) < 4.78 is 11.2. The lowest BCUT2D eigenvalue weighted by atomic mass is 10.1. The fourth-order valence-corrected chi connectivity index (χ4v) is 3.25. The molecule has 6 heteroatoms. The first-order chi connectivity index (χ1) is 12.3. The zero-order valence-corrected chi connectivity index (χ0v) is 14.0. The second kappa shape index (κ2) is 7.11. The number of para-hydroxylation sites is 1. The molecule has 1 aromatic carbocycles. The summed E-state index contributed by atoms with van der Waals surface area (Å²) in [5.74, 6) is 1.63. The number of nitrogens with one attached hydrogen (secondary N) is 1.